The highest BCUT2D eigenvalue weighted by atomic mass is 35.5. The maximum atomic E-state index is 4.26. The highest BCUT2D eigenvalue weighted by Crippen LogP contribution is 2.29. The summed E-state index contributed by atoms with van der Waals surface area (Å²) in [6, 6.07) is 4.76. The first kappa shape index (κ1) is 18.0. The first-order valence-electron chi connectivity index (χ1n) is 8.01. The SMILES string of the molecule is CCCCCC#CCN1CCCC[C@H]1c1cccnc1.Cl. The van der Waals surface area contributed by atoms with Gasteiger partial charge in [-0.25, -0.2) is 0 Å². The molecule has 0 bridgehead atoms. The zero-order chi connectivity index (χ0) is 14.0. The second-order valence-corrected chi connectivity index (χ2v) is 5.58. The Morgan fingerprint density at radius 3 is 2.95 bits per heavy atom. The van der Waals surface area contributed by atoms with Crippen molar-refractivity contribution in [2.75, 3.05) is 13.1 Å². The average Bonchev–Trinajstić information content (AvgIpc) is 2.52. The summed E-state index contributed by atoms with van der Waals surface area (Å²) in [6.07, 6.45) is 12.6. The Labute approximate surface area is 135 Å². The van der Waals surface area contributed by atoms with Gasteiger partial charge in [-0.3, -0.25) is 9.88 Å². The Balaban J connectivity index is 0.00000220. The Kier molecular flexibility index (Phi) is 9.14. The number of rotatable bonds is 5. The zero-order valence-electron chi connectivity index (χ0n) is 13.1. The minimum absolute atomic E-state index is 0. The highest BCUT2D eigenvalue weighted by molar-refractivity contribution is 5.85. The van der Waals surface area contributed by atoms with Crippen LogP contribution in [0.3, 0.4) is 0 Å². The molecule has 1 aromatic heterocycles. The summed E-state index contributed by atoms with van der Waals surface area (Å²) in [5, 5.41) is 0. The van der Waals surface area contributed by atoms with Crippen molar-refractivity contribution >= 4 is 12.4 Å². The van der Waals surface area contributed by atoms with Gasteiger partial charge in [-0.2, -0.15) is 0 Å². The molecule has 2 rings (SSSR count). The Morgan fingerprint density at radius 1 is 1.29 bits per heavy atom. The van der Waals surface area contributed by atoms with Crippen LogP contribution in [0.2, 0.25) is 0 Å². The van der Waals surface area contributed by atoms with E-state index in [1.807, 2.05) is 18.5 Å². The first-order chi connectivity index (χ1) is 9.92. The Hall–Kier alpha value is -1.04. The second kappa shape index (κ2) is 10.7. The van der Waals surface area contributed by atoms with Gasteiger partial charge in [0.25, 0.3) is 0 Å². The van der Waals surface area contributed by atoms with Crippen molar-refractivity contribution in [2.24, 2.45) is 0 Å². The molecular formula is C18H27ClN2. The summed E-state index contributed by atoms with van der Waals surface area (Å²) >= 11 is 0. The van der Waals surface area contributed by atoms with Crippen LogP contribution in [0.1, 0.15) is 63.5 Å². The number of pyridine rings is 1. The van der Waals surface area contributed by atoms with Crippen LogP contribution in [0, 0.1) is 11.8 Å². The number of hydrogen-bond acceptors (Lipinski definition) is 2. The van der Waals surface area contributed by atoms with E-state index in [0.717, 1.165) is 13.0 Å². The summed E-state index contributed by atoms with van der Waals surface area (Å²) in [5.41, 5.74) is 1.35. The molecule has 2 nitrogen and oxygen atoms in total. The number of piperidine rings is 1. The number of nitrogens with zero attached hydrogens (tertiary/aromatic N) is 2. The largest absolute Gasteiger partial charge is 0.285 e. The van der Waals surface area contributed by atoms with Crippen LogP contribution in [-0.2, 0) is 0 Å². The number of unbranched alkanes of at least 4 members (excludes halogenated alkanes) is 3. The van der Waals surface area contributed by atoms with E-state index in [1.54, 1.807) is 0 Å². The van der Waals surface area contributed by atoms with Crippen LogP contribution in [-0.4, -0.2) is 23.0 Å². The first-order valence-corrected chi connectivity index (χ1v) is 8.01. The molecule has 0 N–H and O–H groups in total. The highest BCUT2D eigenvalue weighted by Gasteiger charge is 2.22. The maximum absolute atomic E-state index is 4.26. The molecule has 116 valence electrons. The van der Waals surface area contributed by atoms with Crippen LogP contribution in [0.5, 0.6) is 0 Å². The molecule has 21 heavy (non-hydrogen) atoms. The van der Waals surface area contributed by atoms with Gasteiger partial charge in [0.2, 0.25) is 0 Å². The van der Waals surface area contributed by atoms with Crippen LogP contribution in [0.25, 0.3) is 0 Å². The molecule has 0 aliphatic carbocycles. The van der Waals surface area contributed by atoms with E-state index in [2.05, 4.69) is 34.7 Å². The standard InChI is InChI=1S/C18H26N2.ClH/c1-2-3-4-5-6-8-14-20-15-9-7-12-18(20)17-11-10-13-19-16-17;/h10-11,13,16,18H,2-5,7,9,12,14-15H2,1H3;1H/t18-;/m0./s1. The molecule has 1 saturated heterocycles. The van der Waals surface area contributed by atoms with Crippen LogP contribution in [0.4, 0.5) is 0 Å². The Bertz CT molecular complexity index is 436. The van der Waals surface area contributed by atoms with Crippen molar-refractivity contribution in [3.05, 3.63) is 30.1 Å². The molecule has 0 spiro atoms. The van der Waals surface area contributed by atoms with Gasteiger partial charge in [-0.1, -0.05) is 38.2 Å². The third-order valence-electron chi connectivity index (χ3n) is 4.00. The van der Waals surface area contributed by atoms with Gasteiger partial charge in [0, 0.05) is 24.9 Å². The third-order valence-corrected chi connectivity index (χ3v) is 4.00. The fourth-order valence-corrected chi connectivity index (χ4v) is 2.84. The molecule has 1 aliphatic heterocycles. The smallest absolute Gasteiger partial charge is 0.0606 e. The molecule has 1 fully saturated rings. The lowest BCUT2D eigenvalue weighted by Gasteiger charge is -2.34. The van der Waals surface area contributed by atoms with Crippen LogP contribution >= 0.6 is 12.4 Å². The summed E-state index contributed by atoms with van der Waals surface area (Å²) < 4.78 is 0. The molecule has 3 heteroatoms. The predicted octanol–water partition coefficient (Wildman–Crippen LogP) is 4.61. The molecular weight excluding hydrogens is 280 g/mol. The molecule has 0 unspecified atom stereocenters. The fourth-order valence-electron chi connectivity index (χ4n) is 2.84. The lowest BCUT2D eigenvalue weighted by atomic mass is 9.96. The van der Waals surface area contributed by atoms with Crippen molar-refractivity contribution < 1.29 is 0 Å². The van der Waals surface area contributed by atoms with Gasteiger partial charge in [-0.05, 0) is 37.4 Å². The van der Waals surface area contributed by atoms with Gasteiger partial charge in [0.1, 0.15) is 0 Å². The minimum atomic E-state index is 0. The van der Waals surface area contributed by atoms with E-state index in [0.29, 0.717) is 6.04 Å². The normalized spacial score (nSPS) is 18.4. The van der Waals surface area contributed by atoms with Crippen molar-refractivity contribution in [1.82, 2.24) is 9.88 Å². The molecule has 2 heterocycles. The fraction of sp³-hybridized carbons (Fsp3) is 0.611. The molecule has 1 aromatic rings. The average molecular weight is 307 g/mol. The van der Waals surface area contributed by atoms with Gasteiger partial charge in [0.15, 0.2) is 0 Å². The summed E-state index contributed by atoms with van der Waals surface area (Å²) in [4.78, 5) is 6.78. The second-order valence-electron chi connectivity index (χ2n) is 5.58. The van der Waals surface area contributed by atoms with Crippen LogP contribution in [0.15, 0.2) is 24.5 Å². The van der Waals surface area contributed by atoms with Gasteiger partial charge in [-0.15, -0.1) is 18.3 Å². The monoisotopic (exact) mass is 306 g/mol. The van der Waals surface area contributed by atoms with E-state index in [9.17, 15) is 0 Å². The van der Waals surface area contributed by atoms with E-state index in [4.69, 9.17) is 0 Å². The minimum Gasteiger partial charge on any atom is -0.285 e. The predicted molar refractivity (Wildman–Crippen MR) is 91.6 cm³/mol. The van der Waals surface area contributed by atoms with Crippen molar-refractivity contribution in [3.8, 4) is 11.8 Å². The summed E-state index contributed by atoms with van der Waals surface area (Å²) in [7, 11) is 0. The number of hydrogen-bond donors (Lipinski definition) is 0. The molecule has 0 radical (unpaired) electrons. The van der Waals surface area contributed by atoms with E-state index >= 15 is 0 Å². The molecule has 0 amide bonds. The van der Waals surface area contributed by atoms with E-state index < -0.39 is 0 Å². The molecule has 0 saturated carbocycles. The summed E-state index contributed by atoms with van der Waals surface area (Å²) in [6.45, 7) is 4.31. The number of likely N-dealkylation sites (tertiary alicyclic amines) is 1. The van der Waals surface area contributed by atoms with Gasteiger partial charge in [0.05, 0.1) is 6.54 Å². The number of aromatic nitrogens is 1. The molecule has 1 atom stereocenters. The van der Waals surface area contributed by atoms with E-state index in [-0.39, 0.29) is 12.4 Å². The molecule has 1 aliphatic rings. The van der Waals surface area contributed by atoms with Crippen molar-refractivity contribution in [2.45, 2.75) is 57.9 Å². The van der Waals surface area contributed by atoms with Crippen LogP contribution < -0.4 is 0 Å². The quantitative estimate of drug-likeness (QED) is 0.583. The van der Waals surface area contributed by atoms with Crippen molar-refractivity contribution in [3.63, 3.8) is 0 Å². The maximum Gasteiger partial charge on any atom is 0.0606 e. The van der Waals surface area contributed by atoms with E-state index in [1.165, 1.54) is 50.6 Å². The molecule has 0 aromatic carbocycles. The third kappa shape index (κ3) is 6.08. The summed E-state index contributed by atoms with van der Waals surface area (Å²) in [5.74, 6) is 6.70. The lowest BCUT2D eigenvalue weighted by molar-refractivity contribution is 0.169. The Morgan fingerprint density at radius 2 is 2.19 bits per heavy atom. The number of halogens is 1. The topological polar surface area (TPSA) is 16.1 Å². The lowest BCUT2D eigenvalue weighted by Crippen LogP contribution is -2.33. The van der Waals surface area contributed by atoms with Crippen molar-refractivity contribution in [1.29, 1.82) is 0 Å². The zero-order valence-corrected chi connectivity index (χ0v) is 13.9. The van der Waals surface area contributed by atoms with Gasteiger partial charge >= 0.3 is 0 Å². The van der Waals surface area contributed by atoms with Gasteiger partial charge < -0.3 is 0 Å².